The van der Waals surface area contributed by atoms with Crippen molar-refractivity contribution in [2.45, 2.75) is 25.2 Å². The number of rotatable bonds is 5. The summed E-state index contributed by atoms with van der Waals surface area (Å²) in [6, 6.07) is 17.8. The molecule has 0 atom stereocenters. The van der Waals surface area contributed by atoms with Crippen LogP contribution >= 0.6 is 0 Å². The smallest absolute Gasteiger partial charge is 0.246 e. The summed E-state index contributed by atoms with van der Waals surface area (Å²) < 4.78 is 17.3. The lowest BCUT2D eigenvalue weighted by Crippen LogP contribution is -2.46. The zero-order valence-corrected chi connectivity index (χ0v) is 15.9. The fraction of sp³-hybridized carbons (Fsp3) is 0.348. The molecule has 0 aromatic heterocycles. The van der Waals surface area contributed by atoms with Crippen LogP contribution in [0.3, 0.4) is 0 Å². The van der Waals surface area contributed by atoms with Crippen LogP contribution in [0.15, 0.2) is 60.7 Å². The van der Waals surface area contributed by atoms with Gasteiger partial charge in [-0.25, -0.2) is 0 Å². The normalized spacial score (nSPS) is 18.6. The molecule has 1 spiro atoms. The summed E-state index contributed by atoms with van der Waals surface area (Å²) in [6.45, 7) is 3.13. The monoisotopic (exact) mass is 379 g/mol. The molecule has 5 nitrogen and oxygen atoms in total. The topological polar surface area (TPSA) is 48.0 Å². The Hall–Kier alpha value is -2.63. The maximum atomic E-state index is 12.5. The summed E-state index contributed by atoms with van der Waals surface area (Å²) >= 11 is 0. The van der Waals surface area contributed by atoms with E-state index in [1.165, 1.54) is 0 Å². The number of amides is 1. The number of nitrogens with zero attached hydrogens (tertiary/aromatic N) is 1. The van der Waals surface area contributed by atoms with Gasteiger partial charge in [0.05, 0.1) is 13.2 Å². The van der Waals surface area contributed by atoms with Crippen molar-refractivity contribution in [3.63, 3.8) is 0 Å². The predicted octanol–water partition coefficient (Wildman–Crippen LogP) is 3.64. The third-order valence-electron chi connectivity index (χ3n) is 5.18. The molecular formula is C23H25NO4. The molecule has 2 saturated heterocycles. The molecular weight excluding hydrogens is 354 g/mol. The molecule has 0 N–H and O–H groups in total. The van der Waals surface area contributed by atoms with E-state index in [0.29, 0.717) is 32.9 Å². The van der Waals surface area contributed by atoms with Crippen molar-refractivity contribution in [1.82, 2.24) is 4.90 Å². The average Bonchev–Trinajstić information content (AvgIpc) is 3.20. The third kappa shape index (κ3) is 4.61. The van der Waals surface area contributed by atoms with Crippen LogP contribution in [0, 0.1) is 0 Å². The molecule has 2 aliphatic heterocycles. The molecule has 0 aliphatic carbocycles. The van der Waals surface area contributed by atoms with Gasteiger partial charge in [-0.15, -0.1) is 0 Å². The number of hydrogen-bond acceptors (Lipinski definition) is 4. The van der Waals surface area contributed by atoms with Crippen molar-refractivity contribution in [2.24, 2.45) is 0 Å². The Balaban J connectivity index is 1.31. The van der Waals surface area contributed by atoms with Crippen LogP contribution in [0.2, 0.25) is 0 Å². The fourth-order valence-electron chi connectivity index (χ4n) is 3.58. The van der Waals surface area contributed by atoms with Crippen molar-refractivity contribution in [3.05, 3.63) is 71.8 Å². The molecule has 2 aromatic rings. The van der Waals surface area contributed by atoms with Crippen LogP contribution < -0.4 is 4.74 Å². The quantitative estimate of drug-likeness (QED) is 0.744. The Morgan fingerprint density at radius 3 is 2.54 bits per heavy atom. The number of hydrogen-bond donors (Lipinski definition) is 0. The van der Waals surface area contributed by atoms with Gasteiger partial charge in [0.1, 0.15) is 12.4 Å². The number of carbonyl (C=O) groups is 1. The van der Waals surface area contributed by atoms with E-state index >= 15 is 0 Å². The molecule has 2 aromatic carbocycles. The SMILES string of the molecule is O=C(/C=C/c1cccc(OCc2ccccc2)c1)N1CCC2(CC1)OCCO2. The van der Waals surface area contributed by atoms with Crippen molar-refractivity contribution in [3.8, 4) is 5.75 Å². The summed E-state index contributed by atoms with van der Waals surface area (Å²) in [5, 5.41) is 0. The van der Waals surface area contributed by atoms with Crippen molar-refractivity contribution in [1.29, 1.82) is 0 Å². The molecule has 146 valence electrons. The summed E-state index contributed by atoms with van der Waals surface area (Å²) in [5.41, 5.74) is 2.06. The highest BCUT2D eigenvalue weighted by atomic mass is 16.7. The van der Waals surface area contributed by atoms with Gasteiger partial charge in [-0.2, -0.15) is 0 Å². The second kappa shape index (κ2) is 8.59. The van der Waals surface area contributed by atoms with Crippen molar-refractivity contribution in [2.75, 3.05) is 26.3 Å². The van der Waals surface area contributed by atoms with Crippen molar-refractivity contribution < 1.29 is 19.0 Å². The highest BCUT2D eigenvalue weighted by Crippen LogP contribution is 2.31. The maximum absolute atomic E-state index is 12.5. The summed E-state index contributed by atoms with van der Waals surface area (Å²) in [7, 11) is 0. The van der Waals surface area contributed by atoms with Gasteiger partial charge in [-0.3, -0.25) is 4.79 Å². The first-order chi connectivity index (χ1) is 13.7. The zero-order chi connectivity index (χ0) is 19.2. The van der Waals surface area contributed by atoms with Crippen LogP contribution in [0.5, 0.6) is 5.75 Å². The van der Waals surface area contributed by atoms with Gasteiger partial charge in [-0.1, -0.05) is 42.5 Å². The van der Waals surface area contributed by atoms with Crippen LogP contribution in [0.1, 0.15) is 24.0 Å². The van der Waals surface area contributed by atoms with E-state index in [1.807, 2.05) is 65.6 Å². The van der Waals surface area contributed by atoms with Crippen LogP contribution in [0.25, 0.3) is 6.08 Å². The molecule has 28 heavy (non-hydrogen) atoms. The van der Waals surface area contributed by atoms with Gasteiger partial charge >= 0.3 is 0 Å². The van der Waals surface area contributed by atoms with E-state index in [9.17, 15) is 4.79 Å². The Morgan fingerprint density at radius 1 is 1.04 bits per heavy atom. The maximum Gasteiger partial charge on any atom is 0.246 e. The first-order valence-corrected chi connectivity index (χ1v) is 9.74. The number of benzene rings is 2. The molecule has 2 aliphatic rings. The van der Waals surface area contributed by atoms with Crippen molar-refractivity contribution >= 4 is 12.0 Å². The minimum atomic E-state index is -0.453. The van der Waals surface area contributed by atoms with Crippen LogP contribution in [-0.4, -0.2) is 42.9 Å². The van der Waals surface area contributed by atoms with E-state index in [1.54, 1.807) is 6.08 Å². The van der Waals surface area contributed by atoms with Crippen LogP contribution in [0.4, 0.5) is 0 Å². The standard InChI is InChI=1S/C23H25NO4/c25-22(24-13-11-23(12-14-24)27-15-16-28-23)10-9-19-7-4-8-21(17-19)26-18-20-5-2-1-3-6-20/h1-10,17H,11-16,18H2/b10-9+. The minimum absolute atomic E-state index is 0.0171. The molecule has 0 radical (unpaired) electrons. The van der Waals surface area contributed by atoms with E-state index in [0.717, 1.165) is 29.7 Å². The van der Waals surface area contributed by atoms with E-state index in [-0.39, 0.29) is 5.91 Å². The Labute approximate surface area is 165 Å². The van der Waals surface area contributed by atoms with Gasteiger partial charge in [0.25, 0.3) is 0 Å². The summed E-state index contributed by atoms with van der Waals surface area (Å²) in [4.78, 5) is 14.3. The minimum Gasteiger partial charge on any atom is -0.489 e. The molecule has 4 rings (SSSR count). The number of piperidine rings is 1. The average molecular weight is 379 g/mol. The number of ether oxygens (including phenoxy) is 3. The molecule has 0 bridgehead atoms. The van der Waals surface area contributed by atoms with Gasteiger partial charge < -0.3 is 19.1 Å². The predicted molar refractivity (Wildman–Crippen MR) is 107 cm³/mol. The second-order valence-electron chi connectivity index (χ2n) is 7.11. The zero-order valence-electron chi connectivity index (χ0n) is 15.9. The highest BCUT2D eigenvalue weighted by molar-refractivity contribution is 5.91. The molecule has 5 heteroatoms. The van der Waals surface area contributed by atoms with Gasteiger partial charge in [0.2, 0.25) is 5.91 Å². The Kier molecular flexibility index (Phi) is 5.74. The summed E-state index contributed by atoms with van der Waals surface area (Å²) in [5.74, 6) is 0.350. The lowest BCUT2D eigenvalue weighted by atomic mass is 10.0. The fourth-order valence-corrected chi connectivity index (χ4v) is 3.58. The second-order valence-corrected chi connectivity index (χ2v) is 7.11. The molecule has 1 amide bonds. The summed E-state index contributed by atoms with van der Waals surface area (Å²) in [6.07, 6.45) is 4.93. The van der Waals surface area contributed by atoms with E-state index < -0.39 is 5.79 Å². The number of likely N-dealkylation sites (tertiary alicyclic amines) is 1. The molecule has 0 unspecified atom stereocenters. The largest absolute Gasteiger partial charge is 0.489 e. The Morgan fingerprint density at radius 2 is 1.79 bits per heavy atom. The molecule has 2 fully saturated rings. The first-order valence-electron chi connectivity index (χ1n) is 9.74. The van der Waals surface area contributed by atoms with E-state index in [2.05, 4.69) is 0 Å². The highest BCUT2D eigenvalue weighted by Gasteiger charge is 2.40. The lowest BCUT2D eigenvalue weighted by Gasteiger charge is -2.37. The lowest BCUT2D eigenvalue weighted by molar-refractivity contribution is -0.186. The molecule has 2 heterocycles. The number of carbonyl (C=O) groups excluding carboxylic acids is 1. The first kappa shape index (κ1) is 18.7. The van der Waals surface area contributed by atoms with Gasteiger partial charge in [0.15, 0.2) is 5.79 Å². The van der Waals surface area contributed by atoms with Gasteiger partial charge in [0, 0.05) is 32.0 Å². The Bertz CT molecular complexity index is 818. The van der Waals surface area contributed by atoms with Crippen LogP contribution in [-0.2, 0) is 20.9 Å². The molecule has 0 saturated carbocycles. The van der Waals surface area contributed by atoms with E-state index in [4.69, 9.17) is 14.2 Å². The van der Waals surface area contributed by atoms with Gasteiger partial charge in [-0.05, 0) is 29.3 Å². The third-order valence-corrected chi connectivity index (χ3v) is 5.18.